The van der Waals surface area contributed by atoms with Crippen LogP contribution < -0.4 is 4.90 Å². The molecule has 0 unspecified atom stereocenters. The van der Waals surface area contributed by atoms with Crippen LogP contribution in [0.4, 0.5) is 0 Å². The molecule has 1 aliphatic rings. The lowest BCUT2D eigenvalue weighted by Crippen LogP contribution is -3.09. The summed E-state index contributed by atoms with van der Waals surface area (Å²) in [7, 11) is 0. The molecule has 1 rings (SSSR count). The summed E-state index contributed by atoms with van der Waals surface area (Å²) in [5, 5.41) is 9.89. The number of allylic oxidation sites excluding steroid dienone is 1. The van der Waals surface area contributed by atoms with Crippen LogP contribution in [-0.2, 0) is 0 Å². The molecule has 0 amide bonds. The molecule has 0 aromatic carbocycles. The van der Waals surface area contributed by atoms with Crippen LogP contribution in [-0.4, -0.2) is 30.3 Å². The second kappa shape index (κ2) is 5.95. The Hall–Kier alpha value is -0.780. The van der Waals surface area contributed by atoms with Gasteiger partial charge in [-0.2, -0.15) is 0 Å². The lowest BCUT2D eigenvalue weighted by Gasteiger charge is -2.14. The Morgan fingerprint density at radius 2 is 2.13 bits per heavy atom. The Labute approximate surface area is 93.0 Å². The molecule has 1 fully saturated rings. The molecule has 1 heterocycles. The molecule has 1 saturated heterocycles. The number of aliphatic hydroxyl groups is 1. The topological polar surface area (TPSA) is 24.7 Å². The predicted octanol–water partition coefficient (Wildman–Crippen LogP) is 0.386. The highest BCUT2D eigenvalue weighted by Gasteiger charge is 2.16. The van der Waals surface area contributed by atoms with Gasteiger partial charge in [0.25, 0.3) is 0 Å². The van der Waals surface area contributed by atoms with Crippen LogP contribution in [0.3, 0.4) is 0 Å². The summed E-state index contributed by atoms with van der Waals surface area (Å²) in [4.78, 5) is 1.56. The summed E-state index contributed by atoms with van der Waals surface area (Å²) in [6, 6.07) is 0. The summed E-state index contributed by atoms with van der Waals surface area (Å²) in [6.07, 6.45) is 5.96. The van der Waals surface area contributed by atoms with Crippen LogP contribution in [0.15, 0.2) is 12.7 Å². The minimum Gasteiger partial charge on any atom is -0.378 e. The van der Waals surface area contributed by atoms with Gasteiger partial charge in [-0.1, -0.05) is 12.0 Å². The van der Waals surface area contributed by atoms with Gasteiger partial charge in [0.1, 0.15) is 12.1 Å². The van der Waals surface area contributed by atoms with Crippen LogP contribution in [0.2, 0.25) is 0 Å². The fourth-order valence-electron chi connectivity index (χ4n) is 1.86. The third-order valence-electron chi connectivity index (χ3n) is 2.84. The highest BCUT2D eigenvalue weighted by molar-refractivity contribution is 5.12. The van der Waals surface area contributed by atoms with Gasteiger partial charge < -0.3 is 10.0 Å². The van der Waals surface area contributed by atoms with Crippen LogP contribution in [0.1, 0.15) is 32.6 Å². The summed E-state index contributed by atoms with van der Waals surface area (Å²) >= 11 is 0. The molecule has 2 N–H and O–H groups in total. The molecule has 0 saturated carbocycles. The average molecular weight is 208 g/mol. The largest absolute Gasteiger partial charge is 0.378 e. The van der Waals surface area contributed by atoms with Gasteiger partial charge in [0.15, 0.2) is 0 Å². The van der Waals surface area contributed by atoms with Crippen molar-refractivity contribution in [1.82, 2.24) is 0 Å². The van der Waals surface area contributed by atoms with E-state index in [1.807, 2.05) is 6.08 Å². The Balaban J connectivity index is 2.30. The molecule has 0 aromatic heterocycles. The quantitative estimate of drug-likeness (QED) is 0.507. The monoisotopic (exact) mass is 208 g/mol. The first-order valence-corrected chi connectivity index (χ1v) is 5.81. The van der Waals surface area contributed by atoms with Gasteiger partial charge in [-0.3, -0.25) is 0 Å². The summed E-state index contributed by atoms with van der Waals surface area (Å²) in [6.45, 7) is 8.78. The lowest BCUT2D eigenvalue weighted by atomic mass is 10.0. The molecular weight excluding hydrogens is 186 g/mol. The number of quaternary nitrogens is 1. The van der Waals surface area contributed by atoms with Crippen molar-refractivity contribution in [2.45, 2.75) is 38.2 Å². The van der Waals surface area contributed by atoms with Crippen molar-refractivity contribution < 1.29 is 10.0 Å². The Morgan fingerprint density at radius 3 is 2.73 bits per heavy atom. The van der Waals surface area contributed by atoms with E-state index in [4.69, 9.17) is 0 Å². The number of hydrogen-bond donors (Lipinski definition) is 2. The molecule has 2 heteroatoms. The number of likely N-dealkylation sites (tertiary alicyclic amines) is 1. The van der Waals surface area contributed by atoms with E-state index in [-0.39, 0.29) is 0 Å². The van der Waals surface area contributed by atoms with E-state index < -0.39 is 5.60 Å². The molecular formula is C13H22NO+. The third-order valence-corrected chi connectivity index (χ3v) is 2.84. The minimum absolute atomic E-state index is 0.679. The summed E-state index contributed by atoms with van der Waals surface area (Å²) in [5.41, 5.74) is -0.840. The molecule has 0 spiro atoms. The average Bonchev–Trinajstić information content (AvgIpc) is 2.67. The zero-order chi connectivity index (χ0) is 11.1. The van der Waals surface area contributed by atoms with E-state index >= 15 is 0 Å². The summed E-state index contributed by atoms with van der Waals surface area (Å²) in [5.74, 6) is 6.06. The minimum atomic E-state index is -0.840. The van der Waals surface area contributed by atoms with Crippen molar-refractivity contribution in [1.29, 1.82) is 0 Å². The Morgan fingerprint density at radius 1 is 1.47 bits per heavy atom. The predicted molar refractivity (Wildman–Crippen MR) is 62.6 cm³/mol. The first-order chi connectivity index (χ1) is 7.14. The van der Waals surface area contributed by atoms with Crippen LogP contribution in [0, 0.1) is 11.8 Å². The smallest absolute Gasteiger partial charge is 0.139 e. The first-order valence-electron chi connectivity index (χ1n) is 5.81. The van der Waals surface area contributed by atoms with Crippen molar-refractivity contribution in [2.24, 2.45) is 0 Å². The Bertz CT molecular complexity index is 253. The van der Waals surface area contributed by atoms with Crippen molar-refractivity contribution >= 4 is 0 Å². The number of nitrogens with one attached hydrogen (secondary N) is 1. The number of hydrogen-bond acceptors (Lipinski definition) is 1. The van der Waals surface area contributed by atoms with E-state index in [0.717, 1.165) is 13.0 Å². The van der Waals surface area contributed by atoms with Crippen molar-refractivity contribution in [3.05, 3.63) is 12.7 Å². The van der Waals surface area contributed by atoms with Crippen molar-refractivity contribution in [2.75, 3.05) is 19.6 Å². The molecule has 1 atom stereocenters. The maximum absolute atomic E-state index is 9.89. The highest BCUT2D eigenvalue weighted by Crippen LogP contribution is 2.10. The fraction of sp³-hybridized carbons (Fsp3) is 0.692. The van der Waals surface area contributed by atoms with Gasteiger partial charge in [0, 0.05) is 12.8 Å². The van der Waals surface area contributed by atoms with Gasteiger partial charge in [0.2, 0.25) is 0 Å². The third kappa shape index (κ3) is 5.01. The van der Waals surface area contributed by atoms with Gasteiger partial charge in [0.05, 0.1) is 13.1 Å². The van der Waals surface area contributed by atoms with E-state index in [2.05, 4.69) is 18.4 Å². The van der Waals surface area contributed by atoms with E-state index in [1.165, 1.54) is 25.9 Å². The maximum atomic E-state index is 9.89. The van der Waals surface area contributed by atoms with Gasteiger partial charge in [-0.05, 0) is 25.7 Å². The second-order valence-electron chi connectivity index (χ2n) is 4.54. The molecule has 1 aliphatic heterocycles. The van der Waals surface area contributed by atoms with Crippen LogP contribution in [0.5, 0.6) is 0 Å². The van der Waals surface area contributed by atoms with E-state index in [9.17, 15) is 5.11 Å². The van der Waals surface area contributed by atoms with Gasteiger partial charge in [-0.25, -0.2) is 0 Å². The summed E-state index contributed by atoms with van der Waals surface area (Å²) < 4.78 is 0. The Kier molecular flexibility index (Phi) is 4.87. The van der Waals surface area contributed by atoms with Gasteiger partial charge >= 0.3 is 0 Å². The van der Waals surface area contributed by atoms with Crippen LogP contribution in [0.25, 0.3) is 0 Å². The standard InChI is InChI=1S/C13H21NO/c1-3-4-8-13(2,15)9-7-12-14-10-5-6-11-14/h3,15H,1,4-6,8,10-12H2,2H3/p+1/t13-/m1/s1. The maximum Gasteiger partial charge on any atom is 0.139 e. The van der Waals surface area contributed by atoms with Crippen molar-refractivity contribution in [3.63, 3.8) is 0 Å². The number of rotatable bonds is 4. The molecule has 0 bridgehead atoms. The first kappa shape index (κ1) is 12.3. The molecule has 0 aromatic rings. The molecule has 0 aliphatic carbocycles. The zero-order valence-corrected chi connectivity index (χ0v) is 9.68. The normalized spacial score (nSPS) is 20.4. The van der Waals surface area contributed by atoms with E-state index in [1.54, 1.807) is 11.8 Å². The lowest BCUT2D eigenvalue weighted by molar-refractivity contribution is -0.879. The zero-order valence-electron chi connectivity index (χ0n) is 9.68. The fourth-order valence-corrected chi connectivity index (χ4v) is 1.86. The molecule has 15 heavy (non-hydrogen) atoms. The SMILES string of the molecule is C=CCC[C@@](C)(O)C#CC[NH+]1CCCC1. The molecule has 84 valence electrons. The van der Waals surface area contributed by atoms with E-state index in [0.29, 0.717) is 6.42 Å². The molecule has 2 nitrogen and oxygen atoms in total. The highest BCUT2D eigenvalue weighted by atomic mass is 16.3. The second-order valence-corrected chi connectivity index (χ2v) is 4.54. The van der Waals surface area contributed by atoms with Crippen LogP contribution >= 0.6 is 0 Å². The molecule has 0 radical (unpaired) electrons. The van der Waals surface area contributed by atoms with Crippen molar-refractivity contribution in [3.8, 4) is 11.8 Å². The van der Waals surface area contributed by atoms with Gasteiger partial charge in [-0.15, -0.1) is 6.58 Å².